The zero-order valence-electron chi connectivity index (χ0n) is 15.9. The van der Waals surface area contributed by atoms with Crippen molar-refractivity contribution in [3.63, 3.8) is 0 Å². The van der Waals surface area contributed by atoms with Crippen molar-refractivity contribution in [1.82, 2.24) is 9.88 Å². The minimum Gasteiger partial charge on any atom is -0.464 e. The van der Waals surface area contributed by atoms with Crippen LogP contribution in [0.15, 0.2) is 24.3 Å². The molecule has 0 bridgehead atoms. The molecule has 150 valence electrons. The molecule has 0 spiro atoms. The van der Waals surface area contributed by atoms with Crippen LogP contribution in [0.4, 0.5) is 0 Å². The SMILES string of the molecule is CCOC(=O)C1CCCCN1C(=O)COC(=O)CCc1nc2ccccc2s1. The van der Waals surface area contributed by atoms with E-state index in [0.29, 0.717) is 19.4 Å². The minimum absolute atomic E-state index is 0.161. The molecule has 1 aromatic heterocycles. The van der Waals surface area contributed by atoms with Crippen molar-refractivity contribution in [2.24, 2.45) is 0 Å². The van der Waals surface area contributed by atoms with Crippen LogP contribution in [-0.4, -0.2) is 53.5 Å². The highest BCUT2D eigenvalue weighted by atomic mass is 32.1. The highest BCUT2D eigenvalue weighted by Gasteiger charge is 2.33. The number of aromatic nitrogens is 1. The maximum absolute atomic E-state index is 12.4. The van der Waals surface area contributed by atoms with E-state index in [4.69, 9.17) is 9.47 Å². The lowest BCUT2D eigenvalue weighted by atomic mass is 10.0. The van der Waals surface area contributed by atoms with Crippen LogP contribution in [0.5, 0.6) is 0 Å². The number of thiazole rings is 1. The van der Waals surface area contributed by atoms with E-state index in [2.05, 4.69) is 4.98 Å². The molecular formula is C20H24N2O5S. The molecule has 1 aromatic carbocycles. The molecule has 0 aliphatic carbocycles. The van der Waals surface area contributed by atoms with Gasteiger partial charge < -0.3 is 14.4 Å². The monoisotopic (exact) mass is 404 g/mol. The second-order valence-corrected chi connectivity index (χ2v) is 7.70. The number of aryl methyl sites for hydroxylation is 1. The molecule has 1 aliphatic heterocycles. The molecule has 8 heteroatoms. The molecule has 2 heterocycles. The summed E-state index contributed by atoms with van der Waals surface area (Å²) in [7, 11) is 0. The number of nitrogens with zero attached hydrogens (tertiary/aromatic N) is 2. The largest absolute Gasteiger partial charge is 0.464 e. The van der Waals surface area contributed by atoms with Crippen molar-refractivity contribution >= 4 is 39.4 Å². The average molecular weight is 404 g/mol. The van der Waals surface area contributed by atoms with Gasteiger partial charge in [0.15, 0.2) is 6.61 Å². The molecule has 0 N–H and O–H groups in total. The highest BCUT2D eigenvalue weighted by Crippen LogP contribution is 2.22. The van der Waals surface area contributed by atoms with Crippen LogP contribution in [0.2, 0.25) is 0 Å². The van der Waals surface area contributed by atoms with Crippen LogP contribution >= 0.6 is 11.3 Å². The van der Waals surface area contributed by atoms with E-state index < -0.39 is 18.0 Å². The van der Waals surface area contributed by atoms with Crippen LogP contribution in [0, 0.1) is 0 Å². The normalized spacial score (nSPS) is 16.8. The molecule has 1 unspecified atom stereocenters. The fourth-order valence-corrected chi connectivity index (χ4v) is 4.21. The predicted octanol–water partition coefficient (Wildman–Crippen LogP) is 2.72. The summed E-state index contributed by atoms with van der Waals surface area (Å²) in [6.45, 7) is 2.14. The van der Waals surface area contributed by atoms with Crippen molar-refractivity contribution in [2.75, 3.05) is 19.8 Å². The Kier molecular flexibility index (Phi) is 6.97. The number of piperidine rings is 1. The molecular weight excluding hydrogens is 380 g/mol. The van der Waals surface area contributed by atoms with Gasteiger partial charge in [-0.15, -0.1) is 11.3 Å². The van der Waals surface area contributed by atoms with Gasteiger partial charge in [-0.2, -0.15) is 0 Å². The Morgan fingerprint density at radius 3 is 2.82 bits per heavy atom. The summed E-state index contributed by atoms with van der Waals surface area (Å²) >= 11 is 1.55. The van der Waals surface area contributed by atoms with Crippen LogP contribution in [-0.2, 0) is 30.3 Å². The molecule has 0 saturated carbocycles. The molecule has 1 fully saturated rings. The fraction of sp³-hybridized carbons (Fsp3) is 0.500. The first kappa shape index (κ1) is 20.3. The van der Waals surface area contributed by atoms with Crippen molar-refractivity contribution < 1.29 is 23.9 Å². The van der Waals surface area contributed by atoms with E-state index in [-0.39, 0.29) is 25.5 Å². The van der Waals surface area contributed by atoms with Gasteiger partial charge in [-0.3, -0.25) is 9.59 Å². The van der Waals surface area contributed by atoms with E-state index in [1.807, 2.05) is 24.3 Å². The van der Waals surface area contributed by atoms with Crippen molar-refractivity contribution in [3.05, 3.63) is 29.3 Å². The van der Waals surface area contributed by atoms with Crippen LogP contribution in [0.1, 0.15) is 37.6 Å². The van der Waals surface area contributed by atoms with E-state index >= 15 is 0 Å². The molecule has 0 radical (unpaired) electrons. The number of fused-ring (bicyclic) bond motifs is 1. The van der Waals surface area contributed by atoms with Gasteiger partial charge in [-0.25, -0.2) is 9.78 Å². The number of ether oxygens (including phenoxy) is 2. The number of carbonyl (C=O) groups is 3. The summed E-state index contributed by atoms with van der Waals surface area (Å²) in [6, 6.07) is 7.23. The Labute approximate surface area is 167 Å². The third kappa shape index (κ3) is 5.07. The zero-order chi connectivity index (χ0) is 19.9. The molecule has 1 saturated heterocycles. The van der Waals surface area contributed by atoms with Gasteiger partial charge in [0, 0.05) is 13.0 Å². The Hall–Kier alpha value is -2.48. The number of esters is 2. The quantitative estimate of drug-likeness (QED) is 0.660. The van der Waals surface area contributed by atoms with Gasteiger partial charge in [0.25, 0.3) is 5.91 Å². The molecule has 2 aromatic rings. The standard InChI is InChI=1S/C20H24N2O5S/c1-2-26-20(25)15-8-5-6-12-22(15)18(23)13-27-19(24)11-10-17-21-14-7-3-4-9-16(14)28-17/h3-4,7,9,15H,2,5-6,8,10-13H2,1H3. The average Bonchev–Trinajstić information content (AvgIpc) is 3.13. The molecule has 28 heavy (non-hydrogen) atoms. The number of hydrogen-bond donors (Lipinski definition) is 0. The van der Waals surface area contributed by atoms with Crippen LogP contribution in [0.3, 0.4) is 0 Å². The fourth-order valence-electron chi connectivity index (χ4n) is 3.25. The number of rotatable bonds is 7. The summed E-state index contributed by atoms with van der Waals surface area (Å²) in [4.78, 5) is 42.5. The van der Waals surface area contributed by atoms with Crippen molar-refractivity contribution in [3.8, 4) is 0 Å². The smallest absolute Gasteiger partial charge is 0.328 e. The number of likely N-dealkylation sites (tertiary alicyclic amines) is 1. The Morgan fingerprint density at radius 1 is 1.21 bits per heavy atom. The first-order valence-electron chi connectivity index (χ1n) is 9.54. The summed E-state index contributed by atoms with van der Waals surface area (Å²) in [5.74, 6) is -1.19. The van der Waals surface area contributed by atoms with Gasteiger partial charge in [0.1, 0.15) is 6.04 Å². The van der Waals surface area contributed by atoms with Gasteiger partial charge in [-0.05, 0) is 38.3 Å². The topological polar surface area (TPSA) is 85.8 Å². The van der Waals surface area contributed by atoms with Gasteiger partial charge in [-0.1, -0.05) is 12.1 Å². The maximum atomic E-state index is 12.4. The number of benzene rings is 1. The number of amides is 1. The predicted molar refractivity (Wildman–Crippen MR) is 105 cm³/mol. The number of hydrogen-bond acceptors (Lipinski definition) is 7. The first-order valence-corrected chi connectivity index (χ1v) is 10.4. The van der Waals surface area contributed by atoms with E-state index in [1.54, 1.807) is 18.3 Å². The maximum Gasteiger partial charge on any atom is 0.328 e. The van der Waals surface area contributed by atoms with E-state index in [0.717, 1.165) is 28.1 Å². The Balaban J connectivity index is 1.47. The van der Waals surface area contributed by atoms with E-state index in [1.165, 1.54) is 4.90 Å². The lowest BCUT2D eigenvalue weighted by molar-refractivity contribution is -0.160. The lowest BCUT2D eigenvalue weighted by Crippen LogP contribution is -2.50. The summed E-state index contributed by atoms with van der Waals surface area (Å²) < 4.78 is 11.3. The van der Waals surface area contributed by atoms with Gasteiger partial charge >= 0.3 is 11.9 Å². The summed E-state index contributed by atoms with van der Waals surface area (Å²) in [5, 5.41) is 0.864. The summed E-state index contributed by atoms with van der Waals surface area (Å²) in [5.41, 5.74) is 0.918. The number of carbonyl (C=O) groups excluding carboxylic acids is 3. The highest BCUT2D eigenvalue weighted by molar-refractivity contribution is 7.18. The molecule has 1 aliphatic rings. The zero-order valence-corrected chi connectivity index (χ0v) is 16.7. The van der Waals surface area contributed by atoms with Gasteiger partial charge in [0.05, 0.1) is 28.3 Å². The molecule has 3 rings (SSSR count). The lowest BCUT2D eigenvalue weighted by Gasteiger charge is -2.33. The molecule has 7 nitrogen and oxygen atoms in total. The third-order valence-electron chi connectivity index (χ3n) is 4.62. The van der Waals surface area contributed by atoms with E-state index in [9.17, 15) is 14.4 Å². The van der Waals surface area contributed by atoms with Crippen molar-refractivity contribution in [1.29, 1.82) is 0 Å². The number of para-hydroxylation sites is 1. The molecule has 1 amide bonds. The first-order chi connectivity index (χ1) is 13.6. The second kappa shape index (κ2) is 9.64. The minimum atomic E-state index is -0.581. The summed E-state index contributed by atoms with van der Waals surface area (Å²) in [6.07, 6.45) is 2.91. The third-order valence-corrected chi connectivity index (χ3v) is 5.72. The molecule has 1 atom stereocenters. The second-order valence-electron chi connectivity index (χ2n) is 6.59. The van der Waals surface area contributed by atoms with Gasteiger partial charge in [0.2, 0.25) is 0 Å². The van der Waals surface area contributed by atoms with Crippen LogP contribution < -0.4 is 0 Å². The Morgan fingerprint density at radius 2 is 2.04 bits per heavy atom. The van der Waals surface area contributed by atoms with Crippen molar-refractivity contribution in [2.45, 2.75) is 45.1 Å². The Bertz CT molecular complexity index is 817. The van der Waals surface area contributed by atoms with Crippen LogP contribution in [0.25, 0.3) is 10.2 Å².